The number of imide groups is 1. The molecule has 0 spiro atoms. The molecule has 1 atom stereocenters. The van der Waals surface area contributed by atoms with Gasteiger partial charge in [0.05, 0.1) is 6.42 Å². The maximum atomic E-state index is 11.7. The van der Waals surface area contributed by atoms with E-state index in [1.807, 2.05) is 32.0 Å². The lowest BCUT2D eigenvalue weighted by Crippen LogP contribution is -2.31. The molecule has 0 aromatic heterocycles. The summed E-state index contributed by atoms with van der Waals surface area (Å²) in [6.07, 6.45) is 0.238. The van der Waals surface area contributed by atoms with E-state index in [9.17, 15) is 9.59 Å². The summed E-state index contributed by atoms with van der Waals surface area (Å²) in [6, 6.07) is 5.50. The normalized spacial score (nSPS) is 19.9. The first-order valence-corrected chi connectivity index (χ1v) is 5.63. The number of nitrogens with zero attached hydrogens (tertiary/aromatic N) is 1. The second kappa shape index (κ2) is 4.20. The van der Waals surface area contributed by atoms with Crippen molar-refractivity contribution in [3.63, 3.8) is 0 Å². The number of likely N-dealkylation sites (N-methyl/N-ethyl adjacent to an activating group) is 1. The van der Waals surface area contributed by atoms with Crippen LogP contribution in [-0.4, -0.2) is 29.8 Å². The van der Waals surface area contributed by atoms with Gasteiger partial charge >= 0.3 is 0 Å². The van der Waals surface area contributed by atoms with Crippen molar-refractivity contribution in [1.29, 1.82) is 0 Å². The molecule has 4 heteroatoms. The van der Waals surface area contributed by atoms with Gasteiger partial charge in [-0.15, -0.1) is 0 Å². The summed E-state index contributed by atoms with van der Waals surface area (Å²) >= 11 is 0. The molecule has 1 aliphatic heterocycles. The Hall–Kier alpha value is -1.84. The highest BCUT2D eigenvalue weighted by molar-refractivity contribution is 6.06. The van der Waals surface area contributed by atoms with Crippen LogP contribution in [0.2, 0.25) is 0 Å². The van der Waals surface area contributed by atoms with Gasteiger partial charge in [0.2, 0.25) is 5.91 Å². The Morgan fingerprint density at radius 2 is 1.94 bits per heavy atom. The van der Waals surface area contributed by atoms with E-state index in [0.717, 1.165) is 5.69 Å². The first-order chi connectivity index (χ1) is 7.99. The summed E-state index contributed by atoms with van der Waals surface area (Å²) in [7, 11) is 1.52. The number of carbonyl (C=O) groups excluding carboxylic acids is 2. The van der Waals surface area contributed by atoms with E-state index in [4.69, 9.17) is 0 Å². The Labute approximate surface area is 101 Å². The molecule has 4 nitrogen and oxygen atoms in total. The molecule has 17 heavy (non-hydrogen) atoms. The molecule has 0 aliphatic carbocycles. The van der Waals surface area contributed by atoms with Crippen LogP contribution in [-0.2, 0) is 9.59 Å². The Bertz CT molecular complexity index is 482. The van der Waals surface area contributed by atoms with Crippen molar-refractivity contribution in [3.05, 3.63) is 29.3 Å². The lowest BCUT2D eigenvalue weighted by Gasteiger charge is -2.13. The van der Waals surface area contributed by atoms with Crippen LogP contribution in [0.15, 0.2) is 18.2 Å². The Morgan fingerprint density at radius 1 is 1.24 bits per heavy atom. The van der Waals surface area contributed by atoms with Crippen molar-refractivity contribution in [1.82, 2.24) is 4.90 Å². The zero-order chi connectivity index (χ0) is 12.6. The zero-order valence-corrected chi connectivity index (χ0v) is 10.3. The summed E-state index contributed by atoms with van der Waals surface area (Å²) in [5.41, 5.74) is 3.26. The fraction of sp³-hybridized carbons (Fsp3) is 0.385. The molecule has 2 rings (SSSR count). The van der Waals surface area contributed by atoms with Crippen LogP contribution in [0.25, 0.3) is 0 Å². The van der Waals surface area contributed by atoms with Crippen molar-refractivity contribution in [3.8, 4) is 0 Å². The number of carbonyl (C=O) groups is 2. The SMILES string of the molecule is Cc1ccc(N[C@@H]2CC(=O)N(C)C2=O)cc1C. The number of amides is 2. The van der Waals surface area contributed by atoms with Crippen LogP contribution >= 0.6 is 0 Å². The number of likely N-dealkylation sites (tertiary alicyclic amines) is 1. The number of hydrogen-bond donors (Lipinski definition) is 1. The average Bonchev–Trinajstić information content (AvgIpc) is 2.52. The number of benzene rings is 1. The van der Waals surface area contributed by atoms with Gasteiger partial charge in [0.25, 0.3) is 5.91 Å². The number of anilines is 1. The van der Waals surface area contributed by atoms with Gasteiger partial charge in [-0.2, -0.15) is 0 Å². The molecule has 0 bridgehead atoms. The van der Waals surface area contributed by atoms with E-state index >= 15 is 0 Å². The quantitative estimate of drug-likeness (QED) is 0.786. The lowest BCUT2D eigenvalue weighted by atomic mass is 10.1. The Kier molecular flexibility index (Phi) is 2.88. The topological polar surface area (TPSA) is 49.4 Å². The van der Waals surface area contributed by atoms with Crippen LogP contribution in [0.5, 0.6) is 0 Å². The second-order valence-corrected chi connectivity index (χ2v) is 4.49. The zero-order valence-electron chi connectivity index (χ0n) is 10.3. The van der Waals surface area contributed by atoms with E-state index < -0.39 is 6.04 Å². The summed E-state index contributed by atoms with van der Waals surface area (Å²) in [5.74, 6) is -0.287. The average molecular weight is 232 g/mol. The second-order valence-electron chi connectivity index (χ2n) is 4.49. The number of aryl methyl sites for hydroxylation is 2. The fourth-order valence-electron chi connectivity index (χ4n) is 1.90. The molecule has 1 saturated heterocycles. The molecule has 90 valence electrons. The molecular weight excluding hydrogens is 216 g/mol. The van der Waals surface area contributed by atoms with E-state index in [1.165, 1.54) is 23.1 Å². The van der Waals surface area contributed by atoms with Crippen LogP contribution in [0.4, 0.5) is 5.69 Å². The van der Waals surface area contributed by atoms with E-state index in [0.29, 0.717) is 0 Å². The Morgan fingerprint density at radius 3 is 2.47 bits per heavy atom. The molecule has 1 fully saturated rings. The molecule has 1 aliphatic rings. The minimum Gasteiger partial charge on any atom is -0.373 e. The van der Waals surface area contributed by atoms with Gasteiger partial charge in [-0.3, -0.25) is 14.5 Å². The summed E-state index contributed by atoms with van der Waals surface area (Å²) in [6.45, 7) is 4.06. The number of hydrogen-bond acceptors (Lipinski definition) is 3. The molecule has 0 unspecified atom stereocenters. The summed E-state index contributed by atoms with van der Waals surface area (Å²) in [4.78, 5) is 24.3. The maximum absolute atomic E-state index is 11.7. The summed E-state index contributed by atoms with van der Waals surface area (Å²) in [5, 5.41) is 3.11. The van der Waals surface area contributed by atoms with Crippen molar-refractivity contribution in [2.75, 3.05) is 12.4 Å². The van der Waals surface area contributed by atoms with Crippen molar-refractivity contribution >= 4 is 17.5 Å². The monoisotopic (exact) mass is 232 g/mol. The van der Waals surface area contributed by atoms with Crippen molar-refractivity contribution in [2.24, 2.45) is 0 Å². The predicted octanol–water partition coefficient (Wildman–Crippen LogP) is 1.47. The van der Waals surface area contributed by atoms with Gasteiger partial charge in [0.15, 0.2) is 0 Å². The molecule has 1 heterocycles. The molecule has 2 amide bonds. The molecule has 1 aromatic carbocycles. The van der Waals surface area contributed by atoms with E-state index in [-0.39, 0.29) is 18.2 Å². The van der Waals surface area contributed by atoms with Gasteiger partial charge in [0.1, 0.15) is 6.04 Å². The van der Waals surface area contributed by atoms with Crippen molar-refractivity contribution < 1.29 is 9.59 Å². The number of rotatable bonds is 2. The standard InChI is InChI=1S/C13H16N2O2/c1-8-4-5-10(6-9(8)2)14-11-7-12(16)15(3)13(11)17/h4-6,11,14H,7H2,1-3H3/t11-/m1/s1. The molecule has 0 radical (unpaired) electrons. The molecule has 0 saturated carbocycles. The fourth-order valence-corrected chi connectivity index (χ4v) is 1.90. The van der Waals surface area contributed by atoms with Gasteiger partial charge in [-0.1, -0.05) is 6.07 Å². The maximum Gasteiger partial charge on any atom is 0.251 e. The first kappa shape index (κ1) is 11.6. The smallest absolute Gasteiger partial charge is 0.251 e. The van der Waals surface area contributed by atoms with Crippen LogP contribution in [0.3, 0.4) is 0 Å². The van der Waals surface area contributed by atoms with Gasteiger partial charge in [-0.25, -0.2) is 0 Å². The number of nitrogens with one attached hydrogen (secondary N) is 1. The van der Waals surface area contributed by atoms with Gasteiger partial charge in [-0.05, 0) is 37.1 Å². The molecular formula is C13H16N2O2. The third kappa shape index (κ3) is 2.16. The van der Waals surface area contributed by atoms with Gasteiger partial charge in [0, 0.05) is 12.7 Å². The predicted molar refractivity (Wildman–Crippen MR) is 65.7 cm³/mol. The Balaban J connectivity index is 2.14. The third-order valence-electron chi connectivity index (χ3n) is 3.23. The van der Waals surface area contributed by atoms with E-state index in [2.05, 4.69) is 5.32 Å². The highest BCUT2D eigenvalue weighted by atomic mass is 16.2. The van der Waals surface area contributed by atoms with E-state index in [1.54, 1.807) is 0 Å². The lowest BCUT2D eigenvalue weighted by molar-refractivity contribution is -0.136. The van der Waals surface area contributed by atoms with Crippen molar-refractivity contribution in [2.45, 2.75) is 26.3 Å². The van der Waals surface area contributed by atoms with Gasteiger partial charge < -0.3 is 5.32 Å². The van der Waals surface area contributed by atoms with Crippen LogP contribution in [0.1, 0.15) is 17.5 Å². The highest BCUT2D eigenvalue weighted by Gasteiger charge is 2.35. The minimum atomic E-state index is -0.422. The highest BCUT2D eigenvalue weighted by Crippen LogP contribution is 2.19. The van der Waals surface area contributed by atoms with Crippen LogP contribution in [0, 0.1) is 13.8 Å². The molecule has 1 aromatic rings. The first-order valence-electron chi connectivity index (χ1n) is 5.63. The third-order valence-corrected chi connectivity index (χ3v) is 3.23. The molecule has 1 N–H and O–H groups in total. The largest absolute Gasteiger partial charge is 0.373 e. The minimum absolute atomic E-state index is 0.128. The van der Waals surface area contributed by atoms with Crippen LogP contribution < -0.4 is 5.32 Å². The summed E-state index contributed by atoms with van der Waals surface area (Å²) < 4.78 is 0.